The maximum atomic E-state index is 12.2. The molecule has 3 atom stereocenters. The molecule has 5 rings (SSSR count). The summed E-state index contributed by atoms with van der Waals surface area (Å²) in [6, 6.07) is 0. The third kappa shape index (κ3) is 4.03. The van der Waals surface area contributed by atoms with Gasteiger partial charge in [0.25, 0.3) is 0 Å². The third-order valence-corrected chi connectivity index (χ3v) is 8.20. The van der Waals surface area contributed by atoms with Crippen LogP contribution in [-0.2, 0) is 10.8 Å². The van der Waals surface area contributed by atoms with Crippen molar-refractivity contribution < 1.29 is 9.32 Å². The minimum atomic E-state index is -1.21. The van der Waals surface area contributed by atoms with E-state index in [9.17, 15) is 9.32 Å². The normalized spacial score (nSPS) is 27.6. The van der Waals surface area contributed by atoms with Gasteiger partial charge in [-0.3, -0.25) is 4.21 Å². The molecular formula is C21H27ClN6O2S. The predicted molar refractivity (Wildman–Crippen MR) is 120 cm³/mol. The van der Waals surface area contributed by atoms with E-state index in [-0.39, 0.29) is 12.1 Å². The minimum absolute atomic E-state index is 0.0458. The molecule has 166 valence electrons. The molecular weight excluding hydrogens is 436 g/mol. The first-order chi connectivity index (χ1) is 15.0. The molecule has 2 aromatic heterocycles. The quantitative estimate of drug-likeness (QED) is 0.675. The zero-order chi connectivity index (χ0) is 21.6. The van der Waals surface area contributed by atoms with Crippen LogP contribution in [0.3, 0.4) is 0 Å². The Morgan fingerprint density at radius 2 is 1.87 bits per heavy atom. The number of anilines is 2. The molecule has 2 unspecified atom stereocenters. The molecule has 0 spiro atoms. The van der Waals surface area contributed by atoms with Crippen molar-refractivity contribution in [1.29, 1.82) is 0 Å². The van der Waals surface area contributed by atoms with E-state index in [1.54, 1.807) is 24.8 Å². The molecule has 1 saturated heterocycles. The van der Waals surface area contributed by atoms with Gasteiger partial charge in [-0.1, -0.05) is 11.6 Å². The summed E-state index contributed by atoms with van der Waals surface area (Å²) >= 11 is 5.92. The molecule has 1 aliphatic heterocycles. The van der Waals surface area contributed by atoms with Crippen LogP contribution in [0.15, 0.2) is 23.5 Å². The molecule has 0 radical (unpaired) electrons. The lowest BCUT2D eigenvalue weighted by Gasteiger charge is -2.41. The molecule has 2 saturated carbocycles. The maximum absolute atomic E-state index is 12.2. The van der Waals surface area contributed by atoms with Crippen molar-refractivity contribution >= 4 is 34.2 Å². The molecule has 8 nitrogen and oxygen atoms in total. The van der Waals surface area contributed by atoms with Crippen LogP contribution in [0, 0.1) is 11.8 Å². The lowest BCUT2D eigenvalue weighted by molar-refractivity contribution is 0.143. The van der Waals surface area contributed by atoms with Gasteiger partial charge in [0.15, 0.2) is 0 Å². The fraction of sp³-hybridized carbons (Fsp3) is 0.619. The first-order valence-electron chi connectivity index (χ1n) is 10.8. The van der Waals surface area contributed by atoms with Gasteiger partial charge >= 0.3 is 0 Å². The SMILES string of the molecule is C[S@@](=O)c1cnc(N2CC3CC(c4ncc(Cl)cn4)CC3C2)nc1NC1(CO)CCC1. The number of aliphatic hydroxyl groups is 1. The number of aliphatic hydroxyl groups excluding tert-OH is 1. The van der Waals surface area contributed by atoms with E-state index < -0.39 is 10.8 Å². The van der Waals surface area contributed by atoms with Crippen molar-refractivity contribution in [1.82, 2.24) is 19.9 Å². The number of aromatic nitrogens is 4. The predicted octanol–water partition coefficient (Wildman–Crippen LogP) is 2.61. The van der Waals surface area contributed by atoms with Crippen molar-refractivity contribution in [2.24, 2.45) is 11.8 Å². The molecule has 31 heavy (non-hydrogen) atoms. The zero-order valence-corrected chi connectivity index (χ0v) is 19.1. The molecule has 0 bridgehead atoms. The Hall–Kier alpha value is -1.84. The van der Waals surface area contributed by atoms with E-state index in [0.29, 0.717) is 39.4 Å². The molecule has 2 aliphatic carbocycles. The smallest absolute Gasteiger partial charge is 0.227 e. The topological polar surface area (TPSA) is 104 Å². The molecule has 3 fully saturated rings. The summed E-state index contributed by atoms with van der Waals surface area (Å²) in [7, 11) is -1.21. The van der Waals surface area contributed by atoms with Crippen molar-refractivity contribution in [2.75, 3.05) is 36.2 Å². The van der Waals surface area contributed by atoms with Crippen LogP contribution in [0.2, 0.25) is 5.02 Å². The summed E-state index contributed by atoms with van der Waals surface area (Å²) < 4.78 is 12.2. The van der Waals surface area contributed by atoms with E-state index >= 15 is 0 Å². The Kier molecular flexibility index (Phi) is 5.60. The van der Waals surface area contributed by atoms with E-state index in [4.69, 9.17) is 16.6 Å². The molecule has 3 heterocycles. The van der Waals surface area contributed by atoms with E-state index in [1.165, 1.54) is 0 Å². The Balaban J connectivity index is 1.31. The van der Waals surface area contributed by atoms with Gasteiger partial charge in [-0.2, -0.15) is 4.98 Å². The van der Waals surface area contributed by atoms with Crippen LogP contribution in [0.25, 0.3) is 0 Å². The van der Waals surface area contributed by atoms with Crippen LogP contribution in [0.1, 0.15) is 43.8 Å². The molecule has 2 N–H and O–H groups in total. The summed E-state index contributed by atoms with van der Waals surface area (Å²) in [5.74, 6) is 3.62. The number of fused-ring (bicyclic) bond motifs is 1. The monoisotopic (exact) mass is 462 g/mol. The fourth-order valence-electron chi connectivity index (χ4n) is 5.20. The molecule has 0 amide bonds. The second-order valence-electron chi connectivity index (χ2n) is 9.11. The maximum Gasteiger partial charge on any atom is 0.227 e. The summed E-state index contributed by atoms with van der Waals surface area (Å²) in [6.07, 6.45) is 11.6. The number of nitrogens with one attached hydrogen (secondary N) is 1. The van der Waals surface area contributed by atoms with Gasteiger partial charge in [0.05, 0.1) is 39.1 Å². The summed E-state index contributed by atoms with van der Waals surface area (Å²) in [5, 5.41) is 13.8. The van der Waals surface area contributed by atoms with Gasteiger partial charge < -0.3 is 15.3 Å². The van der Waals surface area contributed by atoms with Crippen LogP contribution < -0.4 is 10.2 Å². The Morgan fingerprint density at radius 3 is 2.42 bits per heavy atom. The van der Waals surface area contributed by atoms with Crippen LogP contribution >= 0.6 is 11.6 Å². The largest absolute Gasteiger partial charge is 0.394 e. The van der Waals surface area contributed by atoms with Crippen molar-refractivity contribution in [3.8, 4) is 0 Å². The highest BCUT2D eigenvalue weighted by molar-refractivity contribution is 7.84. The average molecular weight is 463 g/mol. The van der Waals surface area contributed by atoms with Crippen LogP contribution in [0.5, 0.6) is 0 Å². The van der Waals surface area contributed by atoms with Gasteiger partial charge in [-0.25, -0.2) is 15.0 Å². The number of halogens is 1. The average Bonchev–Trinajstić information content (AvgIpc) is 3.30. The lowest BCUT2D eigenvalue weighted by atomic mass is 9.77. The first-order valence-corrected chi connectivity index (χ1v) is 12.7. The van der Waals surface area contributed by atoms with Crippen LogP contribution in [-0.4, -0.2) is 60.7 Å². The Morgan fingerprint density at radius 1 is 1.19 bits per heavy atom. The van der Waals surface area contributed by atoms with E-state index in [2.05, 4.69) is 25.2 Å². The fourth-order valence-corrected chi connectivity index (χ4v) is 5.87. The van der Waals surface area contributed by atoms with E-state index in [0.717, 1.165) is 51.0 Å². The van der Waals surface area contributed by atoms with Crippen molar-refractivity contribution in [3.63, 3.8) is 0 Å². The highest BCUT2D eigenvalue weighted by Crippen LogP contribution is 2.46. The Labute approximate surface area is 189 Å². The highest BCUT2D eigenvalue weighted by atomic mass is 35.5. The summed E-state index contributed by atoms with van der Waals surface area (Å²) in [4.78, 5) is 21.0. The molecule has 2 aromatic rings. The van der Waals surface area contributed by atoms with Gasteiger partial charge in [0.1, 0.15) is 11.6 Å². The number of nitrogens with zero attached hydrogens (tertiary/aromatic N) is 5. The molecule has 3 aliphatic rings. The van der Waals surface area contributed by atoms with Crippen molar-refractivity contribution in [2.45, 2.75) is 48.5 Å². The summed E-state index contributed by atoms with van der Waals surface area (Å²) in [5.41, 5.74) is -0.354. The number of rotatable bonds is 6. The molecule has 10 heteroatoms. The van der Waals surface area contributed by atoms with Crippen LogP contribution in [0.4, 0.5) is 11.8 Å². The Bertz CT molecular complexity index is 967. The summed E-state index contributed by atoms with van der Waals surface area (Å²) in [6.45, 7) is 1.84. The second-order valence-corrected chi connectivity index (χ2v) is 10.9. The van der Waals surface area contributed by atoms with E-state index in [1.807, 2.05) is 0 Å². The lowest BCUT2D eigenvalue weighted by Crippen LogP contribution is -2.48. The van der Waals surface area contributed by atoms with Gasteiger partial charge in [0, 0.05) is 37.7 Å². The molecule has 0 aromatic carbocycles. The number of hydrogen-bond donors (Lipinski definition) is 2. The second kappa shape index (κ2) is 8.26. The minimum Gasteiger partial charge on any atom is -0.394 e. The van der Waals surface area contributed by atoms with Gasteiger partial charge in [-0.15, -0.1) is 0 Å². The first kappa shape index (κ1) is 21.0. The van der Waals surface area contributed by atoms with Crippen molar-refractivity contribution in [3.05, 3.63) is 29.4 Å². The number of hydrogen-bond acceptors (Lipinski definition) is 8. The van der Waals surface area contributed by atoms with Gasteiger partial charge in [-0.05, 0) is 43.9 Å². The zero-order valence-electron chi connectivity index (χ0n) is 17.5. The standard InChI is InChI=1S/C21H27ClN6O2S/c1-31(30)17-9-25-20(26-19(17)27-21(12-29)3-2-4-21)28-10-14-5-13(6-15(14)11-28)18-23-7-16(22)8-24-18/h7-9,13-15,29H,2-6,10-12H2,1H3,(H,25,26,27)/t13?,14?,15?,31-/m1/s1. The highest BCUT2D eigenvalue weighted by Gasteiger charge is 2.43. The third-order valence-electron chi connectivity index (χ3n) is 7.09. The van der Waals surface area contributed by atoms with Gasteiger partial charge in [0.2, 0.25) is 5.95 Å².